The number of rotatable bonds is 5. The van der Waals surface area contributed by atoms with Gasteiger partial charge in [0.05, 0.1) is 5.56 Å². The molecule has 21 heavy (non-hydrogen) atoms. The quantitative estimate of drug-likeness (QED) is 0.789. The lowest BCUT2D eigenvalue weighted by molar-refractivity contribution is 0.0704. The van der Waals surface area contributed by atoms with E-state index in [1.54, 1.807) is 0 Å². The molecular formula is C16H26O4Si. The largest absolute Gasteiger partial charge is 0.515 e. The van der Waals surface area contributed by atoms with Crippen LogP contribution >= 0.6 is 0 Å². The van der Waals surface area contributed by atoms with Gasteiger partial charge in [0.15, 0.2) is 0 Å². The van der Waals surface area contributed by atoms with E-state index in [1.807, 2.05) is 0 Å². The van der Waals surface area contributed by atoms with Crippen LogP contribution in [0.25, 0.3) is 0 Å². The first-order chi connectivity index (χ1) is 9.61. The molecule has 0 bridgehead atoms. The van der Waals surface area contributed by atoms with E-state index in [9.17, 15) is 15.0 Å². The fraction of sp³-hybridized carbons (Fsp3) is 0.562. The number of aromatic hydroxyl groups is 2. The van der Waals surface area contributed by atoms with Crippen LogP contribution in [0, 0.1) is 0 Å². The van der Waals surface area contributed by atoms with Crippen molar-refractivity contribution < 1.29 is 19.4 Å². The Labute approximate surface area is 127 Å². The summed E-state index contributed by atoms with van der Waals surface area (Å²) in [6.45, 7) is 12.6. The van der Waals surface area contributed by atoms with E-state index in [2.05, 4.69) is 41.5 Å². The van der Waals surface area contributed by atoms with Gasteiger partial charge in [-0.05, 0) is 28.8 Å². The summed E-state index contributed by atoms with van der Waals surface area (Å²) in [6, 6.07) is 3.83. The summed E-state index contributed by atoms with van der Waals surface area (Å²) < 4.78 is 6.00. The normalized spacial score (nSPS) is 12.2. The standard InChI is InChI=1S/C16H26O4Si/c1-10(2)21(11(3)4,12(5)6)20-16(19)13-7-14(17)9-15(18)8-13/h7-12,17-18H,1-6H3. The number of benzene rings is 1. The molecule has 2 N–H and O–H groups in total. The smallest absolute Gasteiger partial charge is 0.325 e. The third-order valence-electron chi connectivity index (χ3n) is 4.11. The first-order valence-corrected chi connectivity index (χ1v) is 9.51. The second-order valence-electron chi connectivity index (χ2n) is 6.45. The molecule has 0 radical (unpaired) electrons. The van der Waals surface area contributed by atoms with E-state index in [-0.39, 0.29) is 33.7 Å². The van der Waals surface area contributed by atoms with Crippen molar-refractivity contribution in [1.29, 1.82) is 0 Å². The molecule has 0 atom stereocenters. The zero-order valence-electron chi connectivity index (χ0n) is 13.7. The number of carbonyl (C=O) groups excluding carboxylic acids is 1. The predicted molar refractivity (Wildman–Crippen MR) is 86.2 cm³/mol. The van der Waals surface area contributed by atoms with Crippen LogP contribution in [-0.4, -0.2) is 24.5 Å². The van der Waals surface area contributed by atoms with Gasteiger partial charge in [-0.25, -0.2) is 4.79 Å². The molecule has 0 aliphatic heterocycles. The van der Waals surface area contributed by atoms with Crippen LogP contribution < -0.4 is 0 Å². The molecular weight excluding hydrogens is 284 g/mol. The van der Waals surface area contributed by atoms with Gasteiger partial charge in [-0.1, -0.05) is 41.5 Å². The van der Waals surface area contributed by atoms with Crippen molar-refractivity contribution in [2.24, 2.45) is 0 Å². The highest BCUT2D eigenvalue weighted by Crippen LogP contribution is 2.42. The van der Waals surface area contributed by atoms with Crippen LogP contribution in [0.1, 0.15) is 51.9 Å². The van der Waals surface area contributed by atoms with E-state index in [0.29, 0.717) is 0 Å². The fourth-order valence-electron chi connectivity index (χ4n) is 3.29. The van der Waals surface area contributed by atoms with Gasteiger partial charge in [0.2, 0.25) is 0 Å². The Kier molecular flexibility index (Phi) is 5.45. The van der Waals surface area contributed by atoms with Crippen LogP contribution in [0.2, 0.25) is 16.6 Å². The zero-order chi connectivity index (χ0) is 16.4. The van der Waals surface area contributed by atoms with Crippen LogP contribution in [0.3, 0.4) is 0 Å². The molecule has 0 heterocycles. The van der Waals surface area contributed by atoms with E-state index in [0.717, 1.165) is 0 Å². The van der Waals surface area contributed by atoms with Crippen molar-refractivity contribution in [3.05, 3.63) is 23.8 Å². The first-order valence-electron chi connectivity index (χ1n) is 7.37. The molecule has 0 aliphatic rings. The van der Waals surface area contributed by atoms with Gasteiger partial charge in [-0.15, -0.1) is 0 Å². The van der Waals surface area contributed by atoms with Crippen molar-refractivity contribution in [2.75, 3.05) is 0 Å². The SMILES string of the molecule is CC(C)[Si](OC(=O)c1cc(O)cc(O)c1)(C(C)C)C(C)C. The summed E-state index contributed by atoms with van der Waals surface area (Å²) in [5.74, 6) is -0.760. The number of carbonyl (C=O) groups is 1. The van der Waals surface area contributed by atoms with Gasteiger partial charge in [0.25, 0.3) is 8.32 Å². The summed E-state index contributed by atoms with van der Waals surface area (Å²) in [7, 11) is -2.32. The maximum Gasteiger partial charge on any atom is 0.325 e. The molecule has 0 saturated heterocycles. The molecule has 118 valence electrons. The number of phenolic OH excluding ortho intramolecular Hbond substituents is 2. The maximum atomic E-state index is 12.5. The Morgan fingerprint density at radius 1 is 0.905 bits per heavy atom. The molecule has 1 aromatic carbocycles. The molecule has 1 rings (SSSR count). The van der Waals surface area contributed by atoms with E-state index >= 15 is 0 Å². The molecule has 4 nitrogen and oxygen atoms in total. The van der Waals surface area contributed by atoms with Crippen molar-refractivity contribution in [3.63, 3.8) is 0 Å². The van der Waals surface area contributed by atoms with Crippen molar-refractivity contribution in [2.45, 2.75) is 58.2 Å². The second kappa shape index (κ2) is 6.51. The minimum absolute atomic E-state index is 0.146. The van der Waals surface area contributed by atoms with Gasteiger partial charge >= 0.3 is 5.97 Å². The Hall–Kier alpha value is -1.49. The monoisotopic (exact) mass is 310 g/mol. The number of hydrogen-bond donors (Lipinski definition) is 2. The van der Waals surface area contributed by atoms with Gasteiger partial charge in [0.1, 0.15) is 11.5 Å². The van der Waals surface area contributed by atoms with Gasteiger partial charge in [0, 0.05) is 6.07 Å². The maximum absolute atomic E-state index is 12.5. The van der Waals surface area contributed by atoms with Crippen LogP contribution in [-0.2, 0) is 4.43 Å². The molecule has 0 amide bonds. The molecule has 1 aromatic rings. The van der Waals surface area contributed by atoms with Crippen molar-refractivity contribution in [3.8, 4) is 11.5 Å². The third-order valence-corrected chi connectivity index (χ3v) is 10.1. The summed E-state index contributed by atoms with van der Waals surface area (Å²) >= 11 is 0. The number of hydrogen-bond acceptors (Lipinski definition) is 4. The average molecular weight is 310 g/mol. The lowest BCUT2D eigenvalue weighted by Gasteiger charge is -2.41. The van der Waals surface area contributed by atoms with Gasteiger partial charge in [-0.2, -0.15) is 0 Å². The van der Waals surface area contributed by atoms with E-state index in [4.69, 9.17) is 4.43 Å². The topological polar surface area (TPSA) is 66.8 Å². The molecule has 0 aromatic heterocycles. The van der Waals surface area contributed by atoms with E-state index in [1.165, 1.54) is 18.2 Å². The van der Waals surface area contributed by atoms with E-state index < -0.39 is 14.3 Å². The van der Waals surface area contributed by atoms with Gasteiger partial charge < -0.3 is 14.6 Å². The molecule has 0 spiro atoms. The molecule has 5 heteroatoms. The summed E-state index contributed by atoms with van der Waals surface area (Å²) in [5, 5.41) is 19.0. The molecule has 0 saturated carbocycles. The summed E-state index contributed by atoms with van der Waals surface area (Å²) in [6.07, 6.45) is 0. The highest BCUT2D eigenvalue weighted by Gasteiger charge is 2.48. The zero-order valence-corrected chi connectivity index (χ0v) is 14.7. The Balaban J connectivity index is 3.17. The molecule has 0 aliphatic carbocycles. The third kappa shape index (κ3) is 3.58. The number of phenols is 2. The van der Waals surface area contributed by atoms with Crippen molar-refractivity contribution >= 4 is 14.3 Å². The fourth-order valence-corrected chi connectivity index (χ4v) is 8.43. The molecule has 0 unspecified atom stereocenters. The highest BCUT2D eigenvalue weighted by molar-refractivity contribution is 6.79. The van der Waals surface area contributed by atoms with Crippen LogP contribution in [0.4, 0.5) is 0 Å². The van der Waals surface area contributed by atoms with Crippen LogP contribution in [0.5, 0.6) is 11.5 Å². The Bertz CT molecular complexity index is 467. The minimum Gasteiger partial charge on any atom is -0.515 e. The lowest BCUT2D eigenvalue weighted by atomic mass is 10.2. The van der Waals surface area contributed by atoms with Gasteiger partial charge in [-0.3, -0.25) is 0 Å². The Morgan fingerprint density at radius 2 is 1.29 bits per heavy atom. The summed E-state index contributed by atoms with van der Waals surface area (Å²) in [4.78, 5) is 12.5. The Morgan fingerprint density at radius 3 is 1.62 bits per heavy atom. The van der Waals surface area contributed by atoms with Crippen LogP contribution in [0.15, 0.2) is 18.2 Å². The van der Waals surface area contributed by atoms with Crippen molar-refractivity contribution in [1.82, 2.24) is 0 Å². The second-order valence-corrected chi connectivity index (χ2v) is 11.8. The summed E-state index contributed by atoms with van der Waals surface area (Å²) in [5.41, 5.74) is 1.04. The lowest BCUT2D eigenvalue weighted by Crippen LogP contribution is -2.49. The molecule has 0 fully saturated rings. The average Bonchev–Trinajstić information content (AvgIpc) is 2.32. The highest BCUT2D eigenvalue weighted by atomic mass is 28.4. The minimum atomic E-state index is -2.32. The first kappa shape index (κ1) is 17.6. The predicted octanol–water partition coefficient (Wildman–Crippen LogP) is 4.43.